The maximum Gasteiger partial charge on any atom is 0.139 e. The topological polar surface area (TPSA) is 43.3 Å². The summed E-state index contributed by atoms with van der Waals surface area (Å²) in [5, 5.41) is 0.372. The van der Waals surface area contributed by atoms with Crippen LogP contribution in [0.15, 0.2) is 18.3 Å². The van der Waals surface area contributed by atoms with Crippen LogP contribution < -0.4 is 5.73 Å². The van der Waals surface area contributed by atoms with Crippen molar-refractivity contribution >= 4 is 17.2 Å². The molecule has 2 aromatic rings. The molecule has 2 rings (SSSR count). The zero-order valence-electron chi connectivity index (χ0n) is 6.67. The first kappa shape index (κ1) is 8.47. The molecule has 0 fully saturated rings. The summed E-state index contributed by atoms with van der Waals surface area (Å²) in [4.78, 5) is 4.11. The molecule has 0 unspecified atom stereocenters. The highest BCUT2D eigenvalue weighted by Gasteiger charge is 2.08. The van der Waals surface area contributed by atoms with Crippen LogP contribution in [0.4, 0.5) is 4.39 Å². The highest BCUT2D eigenvalue weighted by molar-refractivity contribution is 6.30. The van der Waals surface area contributed by atoms with Crippen LogP contribution in [0.3, 0.4) is 0 Å². The van der Waals surface area contributed by atoms with E-state index in [1.54, 1.807) is 6.07 Å². The van der Waals surface area contributed by atoms with E-state index < -0.39 is 0 Å². The molecule has 0 amide bonds. The van der Waals surface area contributed by atoms with Gasteiger partial charge in [-0.1, -0.05) is 11.6 Å². The van der Waals surface area contributed by atoms with Gasteiger partial charge in [-0.2, -0.15) is 0 Å². The van der Waals surface area contributed by atoms with Gasteiger partial charge in [-0.3, -0.25) is 4.40 Å². The fourth-order valence-corrected chi connectivity index (χ4v) is 1.42. The van der Waals surface area contributed by atoms with Crippen molar-refractivity contribution in [1.29, 1.82) is 0 Å². The van der Waals surface area contributed by atoms with E-state index >= 15 is 0 Å². The van der Waals surface area contributed by atoms with Crippen molar-refractivity contribution in [3.63, 3.8) is 0 Å². The lowest BCUT2D eigenvalue weighted by Gasteiger charge is -1.93. The Balaban J connectivity index is 2.77. The fraction of sp³-hybridized carbons (Fsp3) is 0.125. The van der Waals surface area contributed by atoms with E-state index in [0.29, 0.717) is 16.5 Å². The molecule has 0 aromatic carbocycles. The second-order valence-corrected chi connectivity index (χ2v) is 2.99. The van der Waals surface area contributed by atoms with Gasteiger partial charge in [0.15, 0.2) is 0 Å². The van der Waals surface area contributed by atoms with E-state index in [2.05, 4.69) is 4.98 Å². The minimum absolute atomic E-state index is 0.252. The Morgan fingerprint density at radius 1 is 1.54 bits per heavy atom. The van der Waals surface area contributed by atoms with Crippen LogP contribution in [-0.4, -0.2) is 9.38 Å². The number of fused-ring (bicyclic) bond motifs is 1. The van der Waals surface area contributed by atoms with Gasteiger partial charge in [-0.05, 0) is 12.1 Å². The number of halogens is 2. The van der Waals surface area contributed by atoms with Gasteiger partial charge in [0.05, 0.1) is 5.69 Å². The van der Waals surface area contributed by atoms with Gasteiger partial charge in [0.1, 0.15) is 16.6 Å². The van der Waals surface area contributed by atoms with Gasteiger partial charge in [-0.15, -0.1) is 0 Å². The van der Waals surface area contributed by atoms with Crippen molar-refractivity contribution in [1.82, 2.24) is 9.38 Å². The van der Waals surface area contributed by atoms with Crippen molar-refractivity contribution in [2.24, 2.45) is 5.73 Å². The van der Waals surface area contributed by atoms with E-state index in [0.717, 1.165) is 0 Å². The maximum absolute atomic E-state index is 12.8. The van der Waals surface area contributed by atoms with Gasteiger partial charge >= 0.3 is 0 Å². The van der Waals surface area contributed by atoms with Crippen LogP contribution in [0, 0.1) is 5.82 Å². The highest BCUT2D eigenvalue weighted by Crippen LogP contribution is 2.17. The average Bonchev–Trinajstić information content (AvgIpc) is 2.44. The molecule has 0 aliphatic heterocycles. The summed E-state index contributed by atoms with van der Waals surface area (Å²) in [5.41, 5.74) is 6.58. The number of pyridine rings is 1. The molecule has 0 bridgehead atoms. The molecule has 2 heterocycles. The Labute approximate surface area is 78.9 Å². The normalized spacial score (nSPS) is 11.0. The summed E-state index contributed by atoms with van der Waals surface area (Å²) < 4.78 is 14.3. The smallest absolute Gasteiger partial charge is 0.139 e. The van der Waals surface area contributed by atoms with Crippen LogP contribution in [-0.2, 0) is 6.54 Å². The molecule has 0 radical (unpaired) electrons. The summed E-state index contributed by atoms with van der Waals surface area (Å²) >= 11 is 5.88. The van der Waals surface area contributed by atoms with Crippen molar-refractivity contribution in [3.8, 4) is 0 Å². The van der Waals surface area contributed by atoms with Gasteiger partial charge in [0.25, 0.3) is 0 Å². The van der Waals surface area contributed by atoms with E-state index in [4.69, 9.17) is 17.3 Å². The van der Waals surface area contributed by atoms with E-state index in [1.165, 1.54) is 16.7 Å². The number of imidazole rings is 1. The average molecular weight is 200 g/mol. The van der Waals surface area contributed by atoms with Crippen LogP contribution >= 0.6 is 11.6 Å². The van der Waals surface area contributed by atoms with Crippen molar-refractivity contribution < 1.29 is 4.39 Å². The summed E-state index contributed by atoms with van der Waals surface area (Å²) in [6.07, 6.45) is 1.28. The van der Waals surface area contributed by atoms with Gasteiger partial charge < -0.3 is 5.73 Å². The predicted molar refractivity (Wildman–Crippen MR) is 48.1 cm³/mol. The number of hydrogen-bond donors (Lipinski definition) is 1. The van der Waals surface area contributed by atoms with Crippen LogP contribution in [0.2, 0.25) is 5.15 Å². The standard InChI is InChI=1S/C8H7ClFN3/c9-8-6(3-11)12-7-2-1-5(10)4-13(7)8/h1-2,4H,3,11H2. The van der Waals surface area contributed by atoms with Crippen LogP contribution in [0.5, 0.6) is 0 Å². The predicted octanol–water partition coefficient (Wildman–Crippen LogP) is 1.59. The quantitative estimate of drug-likeness (QED) is 0.758. The monoisotopic (exact) mass is 199 g/mol. The molecule has 3 nitrogen and oxygen atoms in total. The summed E-state index contributed by atoms with van der Waals surface area (Å²) in [6.45, 7) is 0.252. The SMILES string of the molecule is NCc1nc2ccc(F)cn2c1Cl. The first-order valence-electron chi connectivity index (χ1n) is 3.74. The molecule has 2 aromatic heterocycles. The maximum atomic E-state index is 12.8. The van der Waals surface area contributed by atoms with Crippen LogP contribution in [0.25, 0.3) is 5.65 Å². The molecule has 68 valence electrons. The third-order valence-corrected chi connectivity index (χ3v) is 2.18. The molecular weight excluding hydrogens is 193 g/mol. The summed E-state index contributed by atoms with van der Waals surface area (Å²) in [7, 11) is 0. The molecule has 0 aliphatic carbocycles. The summed E-state index contributed by atoms with van der Waals surface area (Å²) in [5.74, 6) is -0.352. The van der Waals surface area contributed by atoms with Gasteiger partial charge in [0.2, 0.25) is 0 Å². The first-order valence-corrected chi connectivity index (χ1v) is 4.12. The van der Waals surface area contributed by atoms with Crippen LogP contribution in [0.1, 0.15) is 5.69 Å². The Kier molecular flexibility index (Phi) is 1.94. The number of hydrogen-bond acceptors (Lipinski definition) is 2. The molecule has 0 aliphatic rings. The minimum Gasteiger partial charge on any atom is -0.325 e. The zero-order valence-corrected chi connectivity index (χ0v) is 7.42. The molecule has 0 saturated heterocycles. The lowest BCUT2D eigenvalue weighted by molar-refractivity contribution is 0.619. The van der Waals surface area contributed by atoms with E-state index in [1.807, 2.05) is 0 Å². The highest BCUT2D eigenvalue weighted by atomic mass is 35.5. The van der Waals surface area contributed by atoms with Crippen molar-refractivity contribution in [2.75, 3.05) is 0 Å². The Morgan fingerprint density at radius 3 is 3.00 bits per heavy atom. The third kappa shape index (κ3) is 1.28. The van der Waals surface area contributed by atoms with E-state index in [-0.39, 0.29) is 12.4 Å². The number of nitrogens with two attached hydrogens (primary N) is 1. The molecule has 0 saturated carbocycles. The number of nitrogens with zero attached hydrogens (tertiary/aromatic N) is 2. The van der Waals surface area contributed by atoms with Crippen molar-refractivity contribution in [2.45, 2.75) is 6.54 Å². The minimum atomic E-state index is -0.352. The Bertz CT molecular complexity index is 452. The second kappa shape index (κ2) is 2.97. The third-order valence-electron chi connectivity index (χ3n) is 1.78. The van der Waals surface area contributed by atoms with Gasteiger partial charge in [0, 0.05) is 12.7 Å². The number of rotatable bonds is 1. The lowest BCUT2D eigenvalue weighted by atomic mass is 10.5. The Morgan fingerprint density at radius 2 is 2.31 bits per heavy atom. The fourth-order valence-electron chi connectivity index (χ4n) is 1.17. The second-order valence-electron chi connectivity index (χ2n) is 2.63. The van der Waals surface area contributed by atoms with E-state index in [9.17, 15) is 4.39 Å². The molecule has 2 N–H and O–H groups in total. The lowest BCUT2D eigenvalue weighted by Crippen LogP contribution is -1.96. The van der Waals surface area contributed by atoms with Gasteiger partial charge in [-0.25, -0.2) is 9.37 Å². The molecule has 0 spiro atoms. The molecule has 5 heteroatoms. The summed E-state index contributed by atoms with van der Waals surface area (Å²) in [6, 6.07) is 2.89. The molecule has 13 heavy (non-hydrogen) atoms. The van der Waals surface area contributed by atoms with Crippen molar-refractivity contribution in [3.05, 3.63) is 35.0 Å². The zero-order chi connectivity index (χ0) is 9.42. The molecular formula is C8H7ClFN3. The number of aromatic nitrogens is 2. The Hall–Kier alpha value is -1.13. The first-order chi connectivity index (χ1) is 6.22. The molecule has 0 atom stereocenters. The largest absolute Gasteiger partial charge is 0.325 e.